The van der Waals surface area contributed by atoms with Crippen molar-refractivity contribution in [1.82, 2.24) is 9.21 Å². The number of nitrogens with zero attached hydrogens (tertiary/aromatic N) is 2. The van der Waals surface area contributed by atoms with Gasteiger partial charge in [-0.25, -0.2) is 8.42 Å². The third-order valence-electron chi connectivity index (χ3n) is 5.19. The molecule has 0 radical (unpaired) electrons. The van der Waals surface area contributed by atoms with Gasteiger partial charge in [-0.2, -0.15) is 17.5 Å². The Balaban J connectivity index is 1.80. The van der Waals surface area contributed by atoms with E-state index in [0.717, 1.165) is 17.7 Å². The molecule has 1 heterocycles. The predicted octanol–water partition coefficient (Wildman–Crippen LogP) is 3.78. The molecule has 1 saturated heterocycles. The second kappa shape index (κ2) is 8.03. The summed E-state index contributed by atoms with van der Waals surface area (Å²) in [5.74, 6) is -0.748. The number of alkyl halides is 3. The van der Waals surface area contributed by atoms with Crippen LogP contribution in [0, 0.1) is 20.8 Å². The van der Waals surface area contributed by atoms with Gasteiger partial charge in [0.15, 0.2) is 0 Å². The molecule has 30 heavy (non-hydrogen) atoms. The third-order valence-corrected chi connectivity index (χ3v) is 7.40. The van der Waals surface area contributed by atoms with Crippen LogP contribution in [0.2, 0.25) is 0 Å². The minimum atomic E-state index is -4.64. The first-order valence-electron chi connectivity index (χ1n) is 9.46. The van der Waals surface area contributed by atoms with E-state index < -0.39 is 33.2 Å². The van der Waals surface area contributed by atoms with Crippen LogP contribution in [-0.2, 0) is 16.2 Å². The van der Waals surface area contributed by atoms with Crippen LogP contribution >= 0.6 is 0 Å². The zero-order valence-corrected chi connectivity index (χ0v) is 17.8. The van der Waals surface area contributed by atoms with Gasteiger partial charge in [0.2, 0.25) is 10.0 Å². The fourth-order valence-corrected chi connectivity index (χ4v) is 5.76. The van der Waals surface area contributed by atoms with Crippen LogP contribution in [0.1, 0.15) is 32.6 Å². The van der Waals surface area contributed by atoms with E-state index in [9.17, 15) is 26.4 Å². The molecule has 0 bridgehead atoms. The van der Waals surface area contributed by atoms with Gasteiger partial charge in [-0.1, -0.05) is 29.8 Å². The summed E-state index contributed by atoms with van der Waals surface area (Å²) < 4.78 is 67.3. The molecule has 0 N–H and O–H groups in total. The average Bonchev–Trinajstić information content (AvgIpc) is 2.66. The first kappa shape index (κ1) is 22.3. The van der Waals surface area contributed by atoms with Crippen molar-refractivity contribution in [2.45, 2.75) is 31.8 Å². The second-order valence-corrected chi connectivity index (χ2v) is 9.34. The lowest BCUT2D eigenvalue weighted by Gasteiger charge is -2.35. The van der Waals surface area contributed by atoms with Gasteiger partial charge >= 0.3 is 6.18 Å². The number of carbonyl (C=O) groups excluding carboxylic acids is 1. The monoisotopic (exact) mass is 440 g/mol. The zero-order chi connectivity index (χ0) is 22.3. The maximum Gasteiger partial charge on any atom is 0.417 e. The van der Waals surface area contributed by atoms with Crippen LogP contribution < -0.4 is 0 Å². The normalized spacial score (nSPS) is 16.0. The second-order valence-electron chi connectivity index (χ2n) is 7.47. The van der Waals surface area contributed by atoms with E-state index in [4.69, 9.17) is 0 Å². The van der Waals surface area contributed by atoms with Crippen molar-refractivity contribution in [3.05, 3.63) is 64.2 Å². The molecule has 0 aliphatic carbocycles. The molecule has 1 amide bonds. The molecule has 1 aliphatic heterocycles. The first-order chi connectivity index (χ1) is 13.9. The van der Waals surface area contributed by atoms with Crippen molar-refractivity contribution < 1.29 is 26.4 Å². The highest BCUT2D eigenvalue weighted by molar-refractivity contribution is 7.89. The lowest BCUT2D eigenvalue weighted by molar-refractivity contribution is -0.138. The maximum absolute atomic E-state index is 13.2. The molecule has 1 fully saturated rings. The highest BCUT2D eigenvalue weighted by Crippen LogP contribution is 2.33. The Morgan fingerprint density at radius 2 is 1.47 bits per heavy atom. The summed E-state index contributed by atoms with van der Waals surface area (Å²) in [7, 11) is -3.77. The third kappa shape index (κ3) is 4.22. The largest absolute Gasteiger partial charge is 0.417 e. The molecule has 9 heteroatoms. The van der Waals surface area contributed by atoms with Gasteiger partial charge in [-0.05, 0) is 44.0 Å². The summed E-state index contributed by atoms with van der Waals surface area (Å²) in [6.45, 7) is 5.45. The van der Waals surface area contributed by atoms with Crippen molar-refractivity contribution in [3.63, 3.8) is 0 Å². The minimum absolute atomic E-state index is 0.0220. The van der Waals surface area contributed by atoms with Gasteiger partial charge in [0.25, 0.3) is 5.91 Å². The van der Waals surface area contributed by atoms with Crippen LogP contribution in [0.25, 0.3) is 0 Å². The number of hydrogen-bond acceptors (Lipinski definition) is 3. The lowest BCUT2D eigenvalue weighted by atomic mass is 10.1. The molecule has 0 saturated carbocycles. The Kier molecular flexibility index (Phi) is 5.97. The molecular weight excluding hydrogens is 417 g/mol. The number of halogens is 3. The molecule has 3 rings (SSSR count). The lowest BCUT2D eigenvalue weighted by Crippen LogP contribution is -2.50. The van der Waals surface area contributed by atoms with E-state index in [1.807, 2.05) is 6.92 Å². The molecule has 5 nitrogen and oxygen atoms in total. The minimum Gasteiger partial charge on any atom is -0.336 e. The fourth-order valence-electron chi connectivity index (χ4n) is 3.92. The van der Waals surface area contributed by atoms with Crippen LogP contribution in [-0.4, -0.2) is 49.7 Å². The molecule has 0 unspecified atom stereocenters. The van der Waals surface area contributed by atoms with E-state index in [1.165, 1.54) is 21.3 Å². The predicted molar refractivity (Wildman–Crippen MR) is 107 cm³/mol. The van der Waals surface area contributed by atoms with E-state index in [1.54, 1.807) is 26.0 Å². The molecule has 0 spiro atoms. The number of amides is 1. The summed E-state index contributed by atoms with van der Waals surface area (Å²) >= 11 is 0. The van der Waals surface area contributed by atoms with E-state index in [0.29, 0.717) is 11.1 Å². The quantitative estimate of drug-likeness (QED) is 0.730. The van der Waals surface area contributed by atoms with Crippen LogP contribution in [0.4, 0.5) is 13.2 Å². The van der Waals surface area contributed by atoms with Crippen molar-refractivity contribution in [2.24, 2.45) is 0 Å². The SMILES string of the molecule is Cc1cc(C)c(S(=O)(=O)N2CCN(C(=O)c3ccccc3C(F)(F)F)CC2)c(C)c1. The molecule has 2 aromatic rings. The van der Waals surface area contributed by atoms with Crippen molar-refractivity contribution in [2.75, 3.05) is 26.2 Å². The Hall–Kier alpha value is -2.39. The average molecular weight is 440 g/mol. The van der Waals surface area contributed by atoms with Gasteiger partial charge in [0.05, 0.1) is 16.0 Å². The topological polar surface area (TPSA) is 57.7 Å². The van der Waals surface area contributed by atoms with Gasteiger partial charge < -0.3 is 4.90 Å². The van der Waals surface area contributed by atoms with E-state index in [-0.39, 0.29) is 31.1 Å². The molecule has 0 aromatic heterocycles. The number of sulfonamides is 1. The van der Waals surface area contributed by atoms with E-state index in [2.05, 4.69) is 0 Å². The molecule has 162 valence electrons. The number of carbonyl (C=O) groups is 1. The first-order valence-corrected chi connectivity index (χ1v) is 10.9. The summed E-state index contributed by atoms with van der Waals surface area (Å²) in [5.41, 5.74) is 0.834. The molecule has 0 atom stereocenters. The van der Waals surface area contributed by atoms with Crippen molar-refractivity contribution in [3.8, 4) is 0 Å². The Morgan fingerprint density at radius 3 is 2.00 bits per heavy atom. The van der Waals surface area contributed by atoms with Crippen molar-refractivity contribution >= 4 is 15.9 Å². The number of rotatable bonds is 3. The fraction of sp³-hybridized carbons (Fsp3) is 0.381. The van der Waals surface area contributed by atoms with Gasteiger partial charge in [0, 0.05) is 26.2 Å². The van der Waals surface area contributed by atoms with Crippen LogP contribution in [0.15, 0.2) is 41.3 Å². The highest BCUT2D eigenvalue weighted by atomic mass is 32.2. The molecular formula is C21H23F3N2O3S. The standard InChI is InChI=1S/C21H23F3N2O3S/c1-14-12-15(2)19(16(3)13-14)30(28,29)26-10-8-25(9-11-26)20(27)17-6-4-5-7-18(17)21(22,23)24/h4-7,12-13H,8-11H2,1-3H3. The van der Waals surface area contributed by atoms with Crippen molar-refractivity contribution in [1.29, 1.82) is 0 Å². The van der Waals surface area contributed by atoms with Gasteiger partial charge in [-0.3, -0.25) is 4.79 Å². The Bertz CT molecular complexity index is 1050. The smallest absolute Gasteiger partial charge is 0.336 e. The van der Waals surface area contributed by atoms with Gasteiger partial charge in [-0.15, -0.1) is 0 Å². The molecule has 2 aromatic carbocycles. The number of aryl methyl sites for hydroxylation is 3. The highest BCUT2D eigenvalue weighted by Gasteiger charge is 2.37. The summed E-state index contributed by atoms with van der Waals surface area (Å²) in [6.07, 6.45) is -4.64. The molecule has 1 aliphatic rings. The number of hydrogen-bond donors (Lipinski definition) is 0. The zero-order valence-electron chi connectivity index (χ0n) is 17.0. The Morgan fingerprint density at radius 1 is 0.933 bits per heavy atom. The van der Waals surface area contributed by atoms with E-state index >= 15 is 0 Å². The summed E-state index contributed by atoms with van der Waals surface area (Å²) in [5, 5.41) is 0. The maximum atomic E-state index is 13.2. The summed E-state index contributed by atoms with van der Waals surface area (Å²) in [4.78, 5) is 14.2. The summed E-state index contributed by atoms with van der Waals surface area (Å²) in [6, 6.07) is 8.23. The Labute approximate surface area is 174 Å². The van der Waals surface area contributed by atoms with Crippen LogP contribution in [0.5, 0.6) is 0 Å². The number of piperazine rings is 1. The number of benzene rings is 2. The van der Waals surface area contributed by atoms with Gasteiger partial charge in [0.1, 0.15) is 0 Å². The van der Waals surface area contributed by atoms with Crippen LogP contribution in [0.3, 0.4) is 0 Å².